The van der Waals surface area contributed by atoms with Crippen LogP contribution in [-0.4, -0.2) is 25.2 Å². The SMILES string of the molecule is CCCCCC(C)(NCC(C)C)C(=O)OC. The summed E-state index contributed by atoms with van der Waals surface area (Å²) >= 11 is 0. The molecule has 1 N–H and O–H groups in total. The van der Waals surface area contributed by atoms with Crippen molar-refractivity contribution < 1.29 is 9.53 Å². The van der Waals surface area contributed by atoms with Crippen molar-refractivity contribution in [3.8, 4) is 0 Å². The normalized spacial score (nSPS) is 14.9. The Labute approximate surface area is 99.9 Å². The lowest BCUT2D eigenvalue weighted by atomic mass is 9.93. The van der Waals surface area contributed by atoms with Crippen LogP contribution >= 0.6 is 0 Å². The fourth-order valence-corrected chi connectivity index (χ4v) is 1.65. The summed E-state index contributed by atoms with van der Waals surface area (Å²) in [5.41, 5.74) is -0.520. The molecule has 0 fully saturated rings. The fraction of sp³-hybridized carbons (Fsp3) is 0.923. The molecule has 0 aliphatic rings. The van der Waals surface area contributed by atoms with Crippen LogP contribution in [0.4, 0.5) is 0 Å². The lowest BCUT2D eigenvalue weighted by Gasteiger charge is -2.29. The molecule has 3 nitrogen and oxygen atoms in total. The van der Waals surface area contributed by atoms with Gasteiger partial charge < -0.3 is 10.1 Å². The van der Waals surface area contributed by atoms with Gasteiger partial charge in [0.15, 0.2) is 0 Å². The van der Waals surface area contributed by atoms with Gasteiger partial charge >= 0.3 is 5.97 Å². The topological polar surface area (TPSA) is 38.3 Å². The monoisotopic (exact) mass is 229 g/mol. The van der Waals surface area contributed by atoms with Crippen molar-refractivity contribution in [1.29, 1.82) is 0 Å². The van der Waals surface area contributed by atoms with E-state index in [4.69, 9.17) is 4.74 Å². The molecule has 0 amide bonds. The third-order valence-corrected chi connectivity index (χ3v) is 2.82. The molecule has 1 unspecified atom stereocenters. The fourth-order valence-electron chi connectivity index (χ4n) is 1.65. The number of methoxy groups -OCH3 is 1. The number of rotatable bonds is 8. The van der Waals surface area contributed by atoms with Gasteiger partial charge in [-0.05, 0) is 25.8 Å². The molecule has 96 valence electrons. The van der Waals surface area contributed by atoms with E-state index in [0.29, 0.717) is 5.92 Å². The van der Waals surface area contributed by atoms with E-state index in [9.17, 15) is 4.79 Å². The Morgan fingerprint density at radius 2 is 2.00 bits per heavy atom. The number of esters is 1. The number of carbonyl (C=O) groups is 1. The Kier molecular flexibility index (Phi) is 7.39. The predicted molar refractivity (Wildman–Crippen MR) is 67.4 cm³/mol. The number of hydrogen-bond acceptors (Lipinski definition) is 3. The van der Waals surface area contributed by atoms with Crippen molar-refractivity contribution in [2.75, 3.05) is 13.7 Å². The summed E-state index contributed by atoms with van der Waals surface area (Å²) in [4.78, 5) is 11.8. The average Bonchev–Trinajstić information content (AvgIpc) is 2.25. The Balaban J connectivity index is 4.30. The molecule has 0 aromatic rings. The number of nitrogens with one attached hydrogen (secondary N) is 1. The van der Waals surface area contributed by atoms with E-state index in [-0.39, 0.29) is 5.97 Å². The molecule has 0 saturated carbocycles. The molecule has 0 saturated heterocycles. The highest BCUT2D eigenvalue weighted by atomic mass is 16.5. The van der Waals surface area contributed by atoms with Crippen molar-refractivity contribution in [3.63, 3.8) is 0 Å². The molecule has 3 heteroatoms. The molecule has 0 radical (unpaired) electrons. The average molecular weight is 229 g/mol. The van der Waals surface area contributed by atoms with Crippen LogP contribution in [0.15, 0.2) is 0 Å². The minimum Gasteiger partial charge on any atom is -0.468 e. The lowest BCUT2D eigenvalue weighted by molar-refractivity contribution is -0.148. The summed E-state index contributed by atoms with van der Waals surface area (Å²) in [6.45, 7) is 9.22. The summed E-state index contributed by atoms with van der Waals surface area (Å²) in [6.07, 6.45) is 4.24. The van der Waals surface area contributed by atoms with Gasteiger partial charge in [0.05, 0.1) is 7.11 Å². The highest BCUT2D eigenvalue weighted by Crippen LogP contribution is 2.17. The molecule has 0 spiro atoms. The minimum atomic E-state index is -0.520. The summed E-state index contributed by atoms with van der Waals surface area (Å²) in [6, 6.07) is 0. The van der Waals surface area contributed by atoms with E-state index in [1.54, 1.807) is 0 Å². The maximum Gasteiger partial charge on any atom is 0.325 e. The van der Waals surface area contributed by atoms with Crippen molar-refractivity contribution in [1.82, 2.24) is 5.32 Å². The zero-order chi connectivity index (χ0) is 12.6. The molecule has 0 bridgehead atoms. The van der Waals surface area contributed by atoms with Gasteiger partial charge in [-0.2, -0.15) is 0 Å². The molecule has 0 rings (SSSR count). The van der Waals surface area contributed by atoms with Crippen molar-refractivity contribution >= 4 is 5.97 Å². The second-order valence-corrected chi connectivity index (χ2v) is 5.06. The van der Waals surface area contributed by atoms with Gasteiger partial charge in [-0.3, -0.25) is 4.79 Å². The Hall–Kier alpha value is -0.570. The van der Waals surface area contributed by atoms with E-state index in [2.05, 4.69) is 26.1 Å². The first-order chi connectivity index (χ1) is 7.46. The lowest BCUT2D eigenvalue weighted by Crippen LogP contribution is -2.51. The molecule has 0 aliphatic heterocycles. The van der Waals surface area contributed by atoms with Crippen molar-refractivity contribution in [3.05, 3.63) is 0 Å². The van der Waals surface area contributed by atoms with Crippen LogP contribution < -0.4 is 5.32 Å². The summed E-state index contributed by atoms with van der Waals surface area (Å²) in [5.74, 6) is 0.388. The van der Waals surface area contributed by atoms with E-state index in [0.717, 1.165) is 25.8 Å². The van der Waals surface area contributed by atoms with Gasteiger partial charge in [-0.1, -0.05) is 40.0 Å². The third kappa shape index (κ3) is 5.50. The molecule has 1 atom stereocenters. The molecular weight excluding hydrogens is 202 g/mol. The largest absolute Gasteiger partial charge is 0.468 e. The Bertz CT molecular complexity index is 204. The van der Waals surface area contributed by atoms with E-state index in [1.165, 1.54) is 13.5 Å². The Morgan fingerprint density at radius 1 is 1.38 bits per heavy atom. The first kappa shape index (κ1) is 15.4. The van der Waals surface area contributed by atoms with Gasteiger partial charge in [-0.25, -0.2) is 0 Å². The number of ether oxygens (including phenoxy) is 1. The van der Waals surface area contributed by atoms with Crippen molar-refractivity contribution in [2.24, 2.45) is 5.92 Å². The molecular formula is C13H27NO2. The van der Waals surface area contributed by atoms with Gasteiger partial charge in [0.25, 0.3) is 0 Å². The molecule has 0 heterocycles. The Morgan fingerprint density at radius 3 is 2.44 bits per heavy atom. The second kappa shape index (κ2) is 7.66. The summed E-state index contributed by atoms with van der Waals surface area (Å²) in [7, 11) is 1.46. The maximum absolute atomic E-state index is 11.8. The van der Waals surface area contributed by atoms with Crippen LogP contribution in [-0.2, 0) is 9.53 Å². The highest BCUT2D eigenvalue weighted by molar-refractivity contribution is 5.80. The van der Waals surface area contributed by atoms with Crippen LogP contribution in [0.3, 0.4) is 0 Å². The number of unbranched alkanes of at least 4 members (excludes halogenated alkanes) is 2. The number of carbonyl (C=O) groups excluding carboxylic acids is 1. The van der Waals surface area contributed by atoms with Crippen LogP contribution in [0, 0.1) is 5.92 Å². The quantitative estimate of drug-likeness (QED) is 0.514. The minimum absolute atomic E-state index is 0.149. The number of hydrogen-bond donors (Lipinski definition) is 1. The molecule has 0 aromatic heterocycles. The van der Waals surface area contributed by atoms with Gasteiger partial charge in [0.1, 0.15) is 5.54 Å². The zero-order valence-electron chi connectivity index (χ0n) is 11.4. The third-order valence-electron chi connectivity index (χ3n) is 2.82. The van der Waals surface area contributed by atoms with Gasteiger partial charge in [0.2, 0.25) is 0 Å². The summed E-state index contributed by atoms with van der Waals surface area (Å²) < 4.78 is 4.88. The van der Waals surface area contributed by atoms with E-state index in [1.807, 2.05) is 6.92 Å². The second-order valence-electron chi connectivity index (χ2n) is 5.06. The van der Waals surface area contributed by atoms with E-state index < -0.39 is 5.54 Å². The first-order valence-corrected chi connectivity index (χ1v) is 6.29. The molecule has 0 aromatic carbocycles. The van der Waals surface area contributed by atoms with Crippen LogP contribution in [0.5, 0.6) is 0 Å². The van der Waals surface area contributed by atoms with E-state index >= 15 is 0 Å². The van der Waals surface area contributed by atoms with Crippen LogP contribution in [0.25, 0.3) is 0 Å². The molecule has 0 aliphatic carbocycles. The summed E-state index contributed by atoms with van der Waals surface area (Å²) in [5, 5.41) is 3.33. The first-order valence-electron chi connectivity index (χ1n) is 6.29. The maximum atomic E-state index is 11.8. The van der Waals surface area contributed by atoms with Crippen LogP contribution in [0.2, 0.25) is 0 Å². The van der Waals surface area contributed by atoms with Crippen molar-refractivity contribution in [2.45, 2.75) is 58.9 Å². The van der Waals surface area contributed by atoms with Gasteiger partial charge in [0, 0.05) is 0 Å². The van der Waals surface area contributed by atoms with Crippen LogP contribution in [0.1, 0.15) is 53.4 Å². The highest BCUT2D eigenvalue weighted by Gasteiger charge is 2.33. The zero-order valence-corrected chi connectivity index (χ0v) is 11.4. The van der Waals surface area contributed by atoms with Gasteiger partial charge in [-0.15, -0.1) is 0 Å². The predicted octanol–water partition coefficient (Wildman–Crippen LogP) is 2.74. The molecule has 16 heavy (non-hydrogen) atoms. The standard InChI is InChI=1S/C13H27NO2/c1-6-7-8-9-13(4,12(15)16-5)14-10-11(2)3/h11,14H,6-10H2,1-5H3. The smallest absolute Gasteiger partial charge is 0.325 e.